The van der Waals surface area contributed by atoms with Crippen molar-refractivity contribution in [2.24, 2.45) is 23.5 Å². The SMILES string of the molecule is CN(CC1CC2CCC1C2)C(CN)c1ccsc1. The molecule has 0 saturated heterocycles. The summed E-state index contributed by atoms with van der Waals surface area (Å²) in [5.74, 6) is 2.99. The predicted molar refractivity (Wildman–Crippen MR) is 77.7 cm³/mol. The summed E-state index contributed by atoms with van der Waals surface area (Å²) in [4.78, 5) is 2.49. The first-order valence-electron chi connectivity index (χ1n) is 7.20. The van der Waals surface area contributed by atoms with Gasteiger partial charge in [-0.3, -0.25) is 4.90 Å². The Morgan fingerprint density at radius 1 is 1.44 bits per heavy atom. The molecule has 2 fully saturated rings. The van der Waals surface area contributed by atoms with Gasteiger partial charge in [0.25, 0.3) is 0 Å². The molecule has 1 heterocycles. The summed E-state index contributed by atoms with van der Waals surface area (Å²) in [6.45, 7) is 1.97. The molecule has 2 bridgehead atoms. The molecule has 0 amide bonds. The van der Waals surface area contributed by atoms with Crippen LogP contribution >= 0.6 is 11.3 Å². The molecule has 18 heavy (non-hydrogen) atoms. The van der Waals surface area contributed by atoms with E-state index < -0.39 is 0 Å². The molecule has 4 atom stereocenters. The minimum Gasteiger partial charge on any atom is -0.329 e. The van der Waals surface area contributed by atoms with Gasteiger partial charge >= 0.3 is 0 Å². The third-order valence-electron chi connectivity index (χ3n) is 5.09. The van der Waals surface area contributed by atoms with Gasteiger partial charge in [-0.1, -0.05) is 6.42 Å². The fourth-order valence-electron chi connectivity index (χ4n) is 4.13. The highest BCUT2D eigenvalue weighted by atomic mass is 32.1. The second-order valence-electron chi connectivity index (χ2n) is 6.18. The van der Waals surface area contributed by atoms with E-state index in [9.17, 15) is 0 Å². The molecular weight excluding hydrogens is 240 g/mol. The molecule has 3 heteroatoms. The lowest BCUT2D eigenvalue weighted by molar-refractivity contribution is 0.176. The maximum absolute atomic E-state index is 5.98. The predicted octanol–water partition coefficient (Wildman–Crippen LogP) is 3.12. The van der Waals surface area contributed by atoms with Crippen molar-refractivity contribution >= 4 is 11.3 Å². The smallest absolute Gasteiger partial charge is 0.0475 e. The average Bonchev–Trinajstić information content (AvgIpc) is 3.05. The summed E-state index contributed by atoms with van der Waals surface area (Å²) in [7, 11) is 2.25. The second kappa shape index (κ2) is 5.32. The molecule has 0 aromatic carbocycles. The van der Waals surface area contributed by atoms with Crippen LogP contribution in [0.1, 0.15) is 37.3 Å². The molecule has 0 aliphatic heterocycles. The van der Waals surface area contributed by atoms with E-state index >= 15 is 0 Å². The first-order chi connectivity index (χ1) is 8.78. The highest BCUT2D eigenvalue weighted by Gasteiger charge is 2.40. The Hall–Kier alpha value is -0.380. The van der Waals surface area contributed by atoms with E-state index in [1.165, 1.54) is 37.8 Å². The molecule has 0 radical (unpaired) electrons. The zero-order valence-electron chi connectivity index (χ0n) is 11.2. The number of likely N-dealkylation sites (N-methyl/N-ethyl adjacent to an activating group) is 1. The molecule has 1 aromatic heterocycles. The number of hydrogen-bond acceptors (Lipinski definition) is 3. The zero-order valence-corrected chi connectivity index (χ0v) is 12.0. The number of nitrogens with zero attached hydrogens (tertiary/aromatic N) is 1. The Labute approximate surface area is 114 Å². The van der Waals surface area contributed by atoms with Crippen molar-refractivity contribution < 1.29 is 0 Å². The molecule has 3 rings (SSSR count). The minimum atomic E-state index is 0.412. The monoisotopic (exact) mass is 264 g/mol. The molecule has 2 aliphatic rings. The van der Waals surface area contributed by atoms with Gasteiger partial charge in [0, 0.05) is 19.1 Å². The van der Waals surface area contributed by atoms with Gasteiger partial charge < -0.3 is 5.73 Å². The Balaban J connectivity index is 1.61. The van der Waals surface area contributed by atoms with Crippen molar-refractivity contribution in [2.75, 3.05) is 20.1 Å². The van der Waals surface area contributed by atoms with Crippen LogP contribution in [0.25, 0.3) is 0 Å². The Bertz CT molecular complexity index is 376. The summed E-state index contributed by atoms with van der Waals surface area (Å²) in [5.41, 5.74) is 7.37. The van der Waals surface area contributed by atoms with Gasteiger partial charge in [0.1, 0.15) is 0 Å². The van der Waals surface area contributed by atoms with Gasteiger partial charge in [0.2, 0.25) is 0 Å². The topological polar surface area (TPSA) is 29.3 Å². The van der Waals surface area contributed by atoms with Crippen LogP contribution in [0.4, 0.5) is 0 Å². The van der Waals surface area contributed by atoms with Gasteiger partial charge in [-0.2, -0.15) is 11.3 Å². The largest absolute Gasteiger partial charge is 0.329 e. The summed E-state index contributed by atoms with van der Waals surface area (Å²) in [6.07, 6.45) is 5.95. The molecular formula is C15H24N2S. The Morgan fingerprint density at radius 3 is 2.89 bits per heavy atom. The van der Waals surface area contributed by atoms with Gasteiger partial charge in [-0.05, 0) is 66.5 Å². The van der Waals surface area contributed by atoms with Crippen molar-refractivity contribution in [3.05, 3.63) is 22.4 Å². The summed E-state index contributed by atoms with van der Waals surface area (Å²) in [6, 6.07) is 2.63. The number of nitrogens with two attached hydrogens (primary N) is 1. The van der Waals surface area contributed by atoms with Crippen LogP contribution in [0.15, 0.2) is 16.8 Å². The van der Waals surface area contributed by atoms with E-state index in [2.05, 4.69) is 28.8 Å². The second-order valence-corrected chi connectivity index (χ2v) is 6.96. The lowest BCUT2D eigenvalue weighted by Crippen LogP contribution is -2.35. The van der Waals surface area contributed by atoms with E-state index in [-0.39, 0.29) is 0 Å². The van der Waals surface area contributed by atoms with E-state index in [1.54, 1.807) is 11.3 Å². The number of hydrogen-bond donors (Lipinski definition) is 1. The molecule has 0 spiro atoms. The number of fused-ring (bicyclic) bond motifs is 2. The average molecular weight is 264 g/mol. The van der Waals surface area contributed by atoms with Gasteiger partial charge in [-0.15, -0.1) is 0 Å². The van der Waals surface area contributed by atoms with Gasteiger partial charge in [0.15, 0.2) is 0 Å². The van der Waals surface area contributed by atoms with Crippen LogP contribution in [-0.4, -0.2) is 25.0 Å². The molecule has 100 valence electrons. The van der Waals surface area contributed by atoms with E-state index in [4.69, 9.17) is 5.73 Å². The lowest BCUT2D eigenvalue weighted by atomic mass is 9.88. The third-order valence-corrected chi connectivity index (χ3v) is 5.79. The Kier molecular flexibility index (Phi) is 3.73. The quantitative estimate of drug-likeness (QED) is 0.885. The van der Waals surface area contributed by atoms with Crippen molar-refractivity contribution in [2.45, 2.75) is 31.7 Å². The molecule has 2 saturated carbocycles. The molecule has 2 nitrogen and oxygen atoms in total. The maximum Gasteiger partial charge on any atom is 0.0475 e. The summed E-state index contributed by atoms with van der Waals surface area (Å²) in [5, 5.41) is 4.40. The number of rotatable bonds is 5. The van der Waals surface area contributed by atoms with Crippen LogP contribution in [0.5, 0.6) is 0 Å². The van der Waals surface area contributed by atoms with Crippen LogP contribution in [0.2, 0.25) is 0 Å². The van der Waals surface area contributed by atoms with Crippen LogP contribution < -0.4 is 5.73 Å². The van der Waals surface area contributed by atoms with Crippen molar-refractivity contribution in [3.63, 3.8) is 0 Å². The molecule has 1 aromatic rings. The Morgan fingerprint density at radius 2 is 2.33 bits per heavy atom. The van der Waals surface area contributed by atoms with Crippen molar-refractivity contribution in [1.82, 2.24) is 4.90 Å². The highest BCUT2D eigenvalue weighted by molar-refractivity contribution is 7.07. The zero-order chi connectivity index (χ0) is 12.5. The molecule has 2 aliphatic carbocycles. The summed E-state index contributed by atoms with van der Waals surface area (Å²) < 4.78 is 0. The molecule has 4 unspecified atom stereocenters. The van der Waals surface area contributed by atoms with Gasteiger partial charge in [0.05, 0.1) is 0 Å². The normalized spacial score (nSPS) is 32.3. The fourth-order valence-corrected chi connectivity index (χ4v) is 4.84. The van der Waals surface area contributed by atoms with Crippen LogP contribution in [-0.2, 0) is 0 Å². The maximum atomic E-state index is 5.98. The van der Waals surface area contributed by atoms with E-state index in [0.29, 0.717) is 6.04 Å². The van der Waals surface area contributed by atoms with Gasteiger partial charge in [-0.25, -0.2) is 0 Å². The summed E-state index contributed by atoms with van der Waals surface area (Å²) >= 11 is 1.77. The number of thiophene rings is 1. The van der Waals surface area contributed by atoms with Crippen molar-refractivity contribution in [3.8, 4) is 0 Å². The standard InChI is InChI=1S/C15H24N2S/c1-17(15(8-16)13-4-5-18-10-13)9-14-7-11-2-3-12(14)6-11/h4-5,10-12,14-15H,2-3,6-9,16H2,1H3. The first kappa shape index (κ1) is 12.6. The van der Waals surface area contributed by atoms with Crippen molar-refractivity contribution in [1.29, 1.82) is 0 Å². The molecule has 2 N–H and O–H groups in total. The lowest BCUT2D eigenvalue weighted by Gasteiger charge is -2.32. The van der Waals surface area contributed by atoms with Crippen LogP contribution in [0.3, 0.4) is 0 Å². The third kappa shape index (κ3) is 2.36. The highest BCUT2D eigenvalue weighted by Crippen LogP contribution is 2.48. The minimum absolute atomic E-state index is 0.412. The first-order valence-corrected chi connectivity index (χ1v) is 8.14. The van der Waals surface area contributed by atoms with E-state index in [1.807, 2.05) is 0 Å². The van der Waals surface area contributed by atoms with Crippen LogP contribution in [0, 0.1) is 17.8 Å². The fraction of sp³-hybridized carbons (Fsp3) is 0.733. The van der Waals surface area contributed by atoms with E-state index in [0.717, 1.165) is 24.3 Å².